The van der Waals surface area contributed by atoms with Crippen LogP contribution in [-0.4, -0.2) is 21.9 Å². The van der Waals surface area contributed by atoms with E-state index < -0.39 is 0 Å². The van der Waals surface area contributed by atoms with Crippen LogP contribution in [0.4, 0.5) is 5.82 Å². The molecule has 0 unspecified atom stereocenters. The van der Waals surface area contributed by atoms with Crippen molar-refractivity contribution >= 4 is 39.3 Å². The molecule has 3 rings (SSSR count). The lowest BCUT2D eigenvalue weighted by molar-refractivity contribution is 0.415. The largest absolute Gasteiger partial charge is 0.497 e. The lowest BCUT2D eigenvalue weighted by Gasteiger charge is -2.11. The third-order valence-corrected chi connectivity index (χ3v) is 3.73. The van der Waals surface area contributed by atoms with Gasteiger partial charge in [-0.2, -0.15) is 5.10 Å². The molecule has 21 heavy (non-hydrogen) atoms. The molecule has 108 valence electrons. The number of nitrogens with zero attached hydrogens (tertiary/aromatic N) is 3. The van der Waals surface area contributed by atoms with Gasteiger partial charge in [-0.1, -0.05) is 0 Å². The molecule has 0 atom stereocenters. The molecule has 0 aliphatic carbocycles. The van der Waals surface area contributed by atoms with Crippen LogP contribution in [0.3, 0.4) is 0 Å². The summed E-state index contributed by atoms with van der Waals surface area (Å²) in [4.78, 5) is 4.55. The first-order chi connectivity index (χ1) is 10.2. The zero-order valence-electron chi connectivity index (χ0n) is 11.4. The number of anilines is 1. The van der Waals surface area contributed by atoms with Crippen molar-refractivity contribution in [2.45, 2.75) is 6.54 Å². The van der Waals surface area contributed by atoms with Gasteiger partial charge >= 0.3 is 0 Å². The quantitative estimate of drug-likeness (QED) is 0.403. The fraction of sp³-hybridized carbons (Fsp3) is 0.143. The monoisotopic (exact) mass is 395 g/mol. The summed E-state index contributed by atoms with van der Waals surface area (Å²) < 4.78 is 8.17. The van der Waals surface area contributed by atoms with Crippen molar-refractivity contribution in [2.75, 3.05) is 12.5 Å². The maximum Gasteiger partial charge on any atom is 0.145 e. The Morgan fingerprint density at radius 1 is 1.38 bits per heavy atom. The minimum Gasteiger partial charge on any atom is -0.497 e. The standard InChI is InChI=1S/C14H14IN5O/c1-21-12-3-2-9-4-10(7-20-8-11(15)6-17-20)14(19-16)18-13(9)5-12/h2-6,8H,7,16H2,1H3,(H,18,19). The van der Waals surface area contributed by atoms with Crippen LogP contribution in [0, 0.1) is 3.57 Å². The van der Waals surface area contributed by atoms with Crippen LogP contribution in [0.25, 0.3) is 10.9 Å². The molecule has 1 aromatic carbocycles. The van der Waals surface area contributed by atoms with Gasteiger partial charge in [-0.15, -0.1) is 0 Å². The van der Waals surface area contributed by atoms with Gasteiger partial charge in [-0.3, -0.25) is 4.68 Å². The summed E-state index contributed by atoms with van der Waals surface area (Å²) in [5, 5.41) is 5.32. The van der Waals surface area contributed by atoms with Gasteiger partial charge in [0.15, 0.2) is 0 Å². The summed E-state index contributed by atoms with van der Waals surface area (Å²) in [5.41, 5.74) is 4.47. The average Bonchev–Trinajstić information content (AvgIpc) is 2.91. The van der Waals surface area contributed by atoms with E-state index in [2.05, 4.69) is 44.2 Å². The van der Waals surface area contributed by atoms with Gasteiger partial charge < -0.3 is 10.2 Å². The van der Waals surface area contributed by atoms with E-state index >= 15 is 0 Å². The highest BCUT2D eigenvalue weighted by atomic mass is 127. The topological polar surface area (TPSA) is 78.0 Å². The Morgan fingerprint density at radius 2 is 2.24 bits per heavy atom. The predicted molar refractivity (Wildman–Crippen MR) is 90.2 cm³/mol. The van der Waals surface area contributed by atoms with E-state index in [9.17, 15) is 0 Å². The molecule has 0 bridgehead atoms. The molecule has 3 aromatic rings. The van der Waals surface area contributed by atoms with Crippen molar-refractivity contribution in [3.05, 3.63) is 45.8 Å². The van der Waals surface area contributed by atoms with Gasteiger partial charge in [0, 0.05) is 23.2 Å². The number of hydrazine groups is 1. The predicted octanol–water partition coefficient (Wildman–Crippen LogP) is 2.38. The van der Waals surface area contributed by atoms with Gasteiger partial charge in [-0.05, 0) is 40.8 Å². The normalized spacial score (nSPS) is 10.8. The fourth-order valence-electron chi connectivity index (χ4n) is 2.16. The number of hydrogen-bond acceptors (Lipinski definition) is 5. The summed E-state index contributed by atoms with van der Waals surface area (Å²) in [6.07, 6.45) is 3.79. The first-order valence-electron chi connectivity index (χ1n) is 6.32. The summed E-state index contributed by atoms with van der Waals surface area (Å²) in [5.74, 6) is 7.01. The number of ether oxygens (including phenoxy) is 1. The van der Waals surface area contributed by atoms with Crippen molar-refractivity contribution in [3.8, 4) is 5.75 Å². The molecule has 0 fully saturated rings. The van der Waals surface area contributed by atoms with Crippen molar-refractivity contribution in [3.63, 3.8) is 0 Å². The second-order valence-corrected chi connectivity index (χ2v) is 5.80. The van der Waals surface area contributed by atoms with E-state index in [0.29, 0.717) is 12.4 Å². The average molecular weight is 395 g/mol. The first-order valence-corrected chi connectivity index (χ1v) is 7.39. The van der Waals surface area contributed by atoms with E-state index in [1.54, 1.807) is 7.11 Å². The number of benzene rings is 1. The Morgan fingerprint density at radius 3 is 2.90 bits per heavy atom. The number of hydrogen-bond donors (Lipinski definition) is 2. The van der Waals surface area contributed by atoms with Gasteiger partial charge in [0.1, 0.15) is 11.6 Å². The van der Waals surface area contributed by atoms with Crippen LogP contribution in [0.5, 0.6) is 5.75 Å². The number of halogens is 1. The van der Waals surface area contributed by atoms with Crippen molar-refractivity contribution in [2.24, 2.45) is 5.84 Å². The van der Waals surface area contributed by atoms with Crippen LogP contribution in [-0.2, 0) is 6.54 Å². The smallest absolute Gasteiger partial charge is 0.145 e. The van der Waals surface area contributed by atoms with Crippen molar-refractivity contribution in [1.82, 2.24) is 14.8 Å². The van der Waals surface area contributed by atoms with Crippen LogP contribution in [0.1, 0.15) is 5.56 Å². The minimum atomic E-state index is 0.609. The van der Waals surface area contributed by atoms with Crippen molar-refractivity contribution < 1.29 is 4.74 Å². The molecule has 0 saturated carbocycles. The number of methoxy groups -OCH3 is 1. The SMILES string of the molecule is COc1ccc2cc(Cn3cc(I)cn3)c(NN)nc2c1. The number of aromatic nitrogens is 3. The Hall–Kier alpha value is -1.87. The molecule has 0 saturated heterocycles. The highest BCUT2D eigenvalue weighted by molar-refractivity contribution is 14.1. The van der Waals surface area contributed by atoms with E-state index in [0.717, 1.165) is 25.8 Å². The molecule has 0 aliphatic heterocycles. The van der Waals surface area contributed by atoms with E-state index in [1.807, 2.05) is 35.3 Å². The summed E-state index contributed by atoms with van der Waals surface area (Å²) in [7, 11) is 1.64. The zero-order chi connectivity index (χ0) is 14.8. The van der Waals surface area contributed by atoms with Crippen molar-refractivity contribution in [1.29, 1.82) is 0 Å². The molecule has 0 amide bonds. The summed E-state index contributed by atoms with van der Waals surface area (Å²) in [6, 6.07) is 7.85. The highest BCUT2D eigenvalue weighted by Crippen LogP contribution is 2.24. The molecule has 6 nitrogen and oxygen atoms in total. The second-order valence-electron chi connectivity index (χ2n) is 4.56. The Kier molecular flexibility index (Phi) is 3.93. The fourth-order valence-corrected chi connectivity index (χ4v) is 2.61. The van der Waals surface area contributed by atoms with E-state index in [1.165, 1.54) is 0 Å². The molecule has 3 N–H and O–H groups in total. The molecular weight excluding hydrogens is 381 g/mol. The summed E-state index contributed by atoms with van der Waals surface area (Å²) >= 11 is 2.23. The van der Waals surface area contributed by atoms with Crippen LogP contribution >= 0.6 is 22.6 Å². The molecule has 0 aliphatic rings. The van der Waals surface area contributed by atoms with Gasteiger partial charge in [0.25, 0.3) is 0 Å². The van der Waals surface area contributed by atoms with Crippen LogP contribution in [0.2, 0.25) is 0 Å². The van der Waals surface area contributed by atoms with Crippen LogP contribution < -0.4 is 16.0 Å². The maximum absolute atomic E-state index is 5.60. The van der Waals surface area contributed by atoms with Gasteiger partial charge in [0.2, 0.25) is 0 Å². The second kappa shape index (κ2) is 5.86. The molecule has 0 radical (unpaired) electrons. The third-order valence-electron chi connectivity index (χ3n) is 3.17. The number of rotatable bonds is 4. The Bertz CT molecular complexity index is 786. The van der Waals surface area contributed by atoms with E-state index in [4.69, 9.17) is 10.6 Å². The molecule has 0 spiro atoms. The number of fused-ring (bicyclic) bond motifs is 1. The zero-order valence-corrected chi connectivity index (χ0v) is 13.5. The summed E-state index contributed by atoms with van der Waals surface area (Å²) in [6.45, 7) is 0.609. The number of pyridine rings is 1. The van der Waals surface area contributed by atoms with E-state index in [-0.39, 0.29) is 0 Å². The molecule has 2 aromatic heterocycles. The number of nitrogens with one attached hydrogen (secondary N) is 1. The number of nitrogen functional groups attached to an aromatic ring is 1. The molecule has 7 heteroatoms. The van der Waals surface area contributed by atoms with Crippen LogP contribution in [0.15, 0.2) is 36.7 Å². The number of nitrogens with two attached hydrogens (primary N) is 1. The first kappa shape index (κ1) is 14.1. The molecule has 2 heterocycles. The molecular formula is C14H14IN5O. The minimum absolute atomic E-state index is 0.609. The lowest BCUT2D eigenvalue weighted by Crippen LogP contribution is -2.13. The van der Waals surface area contributed by atoms with Gasteiger partial charge in [0.05, 0.1) is 28.9 Å². The highest BCUT2D eigenvalue weighted by Gasteiger charge is 2.08. The Labute approximate surface area is 135 Å². The van der Waals surface area contributed by atoms with Gasteiger partial charge in [-0.25, -0.2) is 10.8 Å². The Balaban J connectivity index is 2.04. The third kappa shape index (κ3) is 2.93. The maximum atomic E-state index is 5.60. The lowest BCUT2D eigenvalue weighted by atomic mass is 10.1.